The Bertz CT molecular complexity index is 1020. The van der Waals surface area contributed by atoms with Gasteiger partial charge in [-0.3, -0.25) is 14.4 Å². The summed E-state index contributed by atoms with van der Waals surface area (Å²) < 4.78 is 11.7. The Labute approximate surface area is 175 Å². The predicted molar refractivity (Wildman–Crippen MR) is 110 cm³/mol. The molecule has 0 saturated heterocycles. The Hall–Kier alpha value is -2.94. The highest BCUT2D eigenvalue weighted by atomic mass is 16.5. The van der Waals surface area contributed by atoms with Crippen molar-refractivity contribution in [3.05, 3.63) is 50.3 Å². The lowest BCUT2D eigenvalue weighted by Gasteiger charge is -2.31. The topological polar surface area (TPSA) is 97.9 Å². The fraction of sp³-hybridized carbons (Fsp3) is 0.524. The fourth-order valence-corrected chi connectivity index (χ4v) is 3.80. The molecule has 9 heteroatoms. The third-order valence-electron chi connectivity index (χ3n) is 5.53. The molecule has 0 saturated carbocycles. The summed E-state index contributed by atoms with van der Waals surface area (Å²) in [7, 11) is 4.84. The van der Waals surface area contributed by atoms with Gasteiger partial charge in [-0.2, -0.15) is 0 Å². The number of aryl methyl sites for hydroxylation is 3. The second-order valence-electron chi connectivity index (χ2n) is 7.53. The molecule has 2 aromatic rings. The number of amides is 2. The van der Waals surface area contributed by atoms with Crippen LogP contribution in [0.5, 0.6) is 0 Å². The zero-order valence-electron chi connectivity index (χ0n) is 18.2. The van der Waals surface area contributed by atoms with E-state index in [1.54, 1.807) is 39.2 Å². The van der Waals surface area contributed by atoms with Crippen molar-refractivity contribution in [3.8, 4) is 0 Å². The van der Waals surface area contributed by atoms with E-state index in [4.69, 9.17) is 9.26 Å². The first-order valence-electron chi connectivity index (χ1n) is 10.00. The van der Waals surface area contributed by atoms with Crippen molar-refractivity contribution in [1.29, 1.82) is 0 Å². The molecule has 9 nitrogen and oxygen atoms in total. The van der Waals surface area contributed by atoms with Crippen molar-refractivity contribution in [2.75, 3.05) is 33.9 Å². The summed E-state index contributed by atoms with van der Waals surface area (Å²) in [6.45, 7) is 5.16. The molecule has 0 aromatic carbocycles. The maximum atomic E-state index is 13.1. The fourth-order valence-electron chi connectivity index (χ4n) is 3.80. The quantitative estimate of drug-likeness (QED) is 0.701. The van der Waals surface area contributed by atoms with Crippen LogP contribution in [-0.2, 0) is 31.2 Å². The number of pyridine rings is 1. The third kappa shape index (κ3) is 3.89. The smallest absolute Gasteiger partial charge is 0.263 e. The lowest BCUT2D eigenvalue weighted by molar-refractivity contribution is 0.0726. The van der Waals surface area contributed by atoms with Gasteiger partial charge in [-0.1, -0.05) is 12.1 Å². The molecule has 2 amide bonds. The number of hydrogen-bond donors (Lipinski definition) is 0. The molecule has 0 spiro atoms. The van der Waals surface area contributed by atoms with Crippen LogP contribution in [-0.4, -0.2) is 65.2 Å². The number of ether oxygens (including phenoxy) is 1. The van der Waals surface area contributed by atoms with Gasteiger partial charge in [-0.05, 0) is 30.9 Å². The molecule has 1 aliphatic heterocycles. The van der Waals surface area contributed by atoms with Crippen LogP contribution in [0.1, 0.15) is 50.2 Å². The maximum Gasteiger partial charge on any atom is 0.263 e. The first-order valence-corrected chi connectivity index (χ1v) is 10.00. The summed E-state index contributed by atoms with van der Waals surface area (Å²) >= 11 is 0. The minimum absolute atomic E-state index is 0.143. The molecule has 30 heavy (non-hydrogen) atoms. The first kappa shape index (κ1) is 21.8. The van der Waals surface area contributed by atoms with E-state index < -0.39 is 0 Å². The van der Waals surface area contributed by atoms with Crippen molar-refractivity contribution < 1.29 is 18.8 Å². The lowest BCUT2D eigenvalue weighted by atomic mass is 9.95. The second-order valence-corrected chi connectivity index (χ2v) is 7.53. The number of nitrogens with zero attached hydrogens (tertiary/aromatic N) is 4. The highest BCUT2D eigenvalue weighted by Crippen LogP contribution is 2.25. The molecule has 0 radical (unpaired) electrons. The van der Waals surface area contributed by atoms with Gasteiger partial charge >= 0.3 is 0 Å². The van der Waals surface area contributed by atoms with Gasteiger partial charge in [-0.25, -0.2) is 0 Å². The van der Waals surface area contributed by atoms with E-state index in [0.717, 1.165) is 5.56 Å². The Kier molecular flexibility index (Phi) is 6.40. The molecule has 2 aromatic heterocycles. The summed E-state index contributed by atoms with van der Waals surface area (Å²) in [4.78, 5) is 42.1. The van der Waals surface area contributed by atoms with Crippen molar-refractivity contribution in [1.82, 2.24) is 19.5 Å². The zero-order valence-corrected chi connectivity index (χ0v) is 18.2. The van der Waals surface area contributed by atoms with Gasteiger partial charge in [0.1, 0.15) is 16.9 Å². The largest absolute Gasteiger partial charge is 0.383 e. The molecule has 0 unspecified atom stereocenters. The van der Waals surface area contributed by atoms with Gasteiger partial charge in [0.15, 0.2) is 0 Å². The van der Waals surface area contributed by atoms with E-state index in [2.05, 4.69) is 5.16 Å². The van der Waals surface area contributed by atoms with Gasteiger partial charge in [0.05, 0.1) is 12.3 Å². The zero-order chi connectivity index (χ0) is 22.0. The standard InChI is InChI=1S/C21H28N4O5/c1-6-16-17(13(2)30-22-16)21(28)25-8-7-15-14(12-25)11-24(4)20(27)18(15)19(26)23(3)9-10-29-5/h11H,6-10,12H2,1-5H3. The van der Waals surface area contributed by atoms with Crippen LogP contribution in [0.15, 0.2) is 15.5 Å². The summed E-state index contributed by atoms with van der Waals surface area (Å²) in [5.74, 6) is 0.0290. The molecule has 162 valence electrons. The van der Waals surface area contributed by atoms with Gasteiger partial charge in [0.2, 0.25) is 0 Å². The lowest BCUT2D eigenvalue weighted by Crippen LogP contribution is -2.42. The van der Waals surface area contributed by atoms with Crippen LogP contribution in [0.3, 0.4) is 0 Å². The van der Waals surface area contributed by atoms with Crippen LogP contribution in [0.25, 0.3) is 0 Å². The predicted octanol–water partition coefficient (Wildman–Crippen LogP) is 1.16. The first-order chi connectivity index (χ1) is 14.3. The molecule has 1 aliphatic rings. The van der Waals surface area contributed by atoms with Crippen molar-refractivity contribution in [2.45, 2.75) is 33.2 Å². The van der Waals surface area contributed by atoms with Crippen LogP contribution in [0, 0.1) is 6.92 Å². The van der Waals surface area contributed by atoms with Crippen LogP contribution < -0.4 is 5.56 Å². The Balaban J connectivity index is 1.94. The van der Waals surface area contributed by atoms with E-state index in [1.165, 1.54) is 9.47 Å². The summed E-state index contributed by atoms with van der Waals surface area (Å²) in [5, 5.41) is 3.97. The van der Waals surface area contributed by atoms with Crippen LogP contribution in [0.4, 0.5) is 0 Å². The molecule has 0 bridgehead atoms. The Morgan fingerprint density at radius 2 is 2.07 bits per heavy atom. The monoisotopic (exact) mass is 416 g/mol. The summed E-state index contributed by atoms with van der Waals surface area (Å²) in [5.41, 5.74) is 2.50. The highest BCUT2D eigenvalue weighted by molar-refractivity contribution is 5.97. The van der Waals surface area contributed by atoms with E-state index in [0.29, 0.717) is 61.7 Å². The number of fused-ring (bicyclic) bond motifs is 1. The minimum atomic E-state index is -0.328. The van der Waals surface area contributed by atoms with E-state index in [-0.39, 0.29) is 22.9 Å². The molecule has 3 rings (SSSR count). The molecule has 3 heterocycles. The van der Waals surface area contributed by atoms with E-state index in [9.17, 15) is 14.4 Å². The maximum absolute atomic E-state index is 13.1. The molecule has 0 aliphatic carbocycles. The Morgan fingerprint density at radius 1 is 1.33 bits per heavy atom. The summed E-state index contributed by atoms with van der Waals surface area (Å²) in [6, 6.07) is 0. The molecule has 0 fully saturated rings. The van der Waals surface area contributed by atoms with Crippen molar-refractivity contribution in [2.24, 2.45) is 7.05 Å². The van der Waals surface area contributed by atoms with E-state index in [1.807, 2.05) is 6.92 Å². The number of likely N-dealkylation sites (N-methyl/N-ethyl adjacent to an activating group) is 1. The van der Waals surface area contributed by atoms with E-state index >= 15 is 0 Å². The van der Waals surface area contributed by atoms with Gasteiger partial charge < -0.3 is 23.6 Å². The number of hydrogen-bond acceptors (Lipinski definition) is 6. The average Bonchev–Trinajstić information content (AvgIpc) is 3.12. The molecular weight excluding hydrogens is 388 g/mol. The van der Waals surface area contributed by atoms with Gasteiger partial charge in [0, 0.05) is 47.0 Å². The molecular formula is C21H28N4O5. The molecule has 0 atom stereocenters. The molecule has 0 N–H and O–H groups in total. The van der Waals surface area contributed by atoms with Crippen LogP contribution >= 0.6 is 0 Å². The number of rotatable bonds is 6. The van der Waals surface area contributed by atoms with Crippen LogP contribution in [0.2, 0.25) is 0 Å². The Morgan fingerprint density at radius 3 is 2.73 bits per heavy atom. The van der Waals surface area contributed by atoms with Gasteiger partial charge in [0.25, 0.3) is 17.4 Å². The number of carbonyl (C=O) groups excluding carboxylic acids is 2. The third-order valence-corrected chi connectivity index (χ3v) is 5.53. The normalized spacial score (nSPS) is 13.3. The SMILES string of the molecule is CCc1noc(C)c1C(=O)N1CCc2c(cn(C)c(=O)c2C(=O)N(C)CCOC)C1. The summed E-state index contributed by atoms with van der Waals surface area (Å²) in [6.07, 6.45) is 2.75. The van der Waals surface area contributed by atoms with Crippen molar-refractivity contribution >= 4 is 11.8 Å². The minimum Gasteiger partial charge on any atom is -0.383 e. The number of methoxy groups -OCH3 is 1. The highest BCUT2D eigenvalue weighted by Gasteiger charge is 2.31. The number of aromatic nitrogens is 2. The second kappa shape index (κ2) is 8.83. The van der Waals surface area contributed by atoms with Gasteiger partial charge in [-0.15, -0.1) is 0 Å². The van der Waals surface area contributed by atoms with Crippen molar-refractivity contribution in [3.63, 3.8) is 0 Å². The number of carbonyl (C=O) groups is 2. The average molecular weight is 416 g/mol.